The summed E-state index contributed by atoms with van der Waals surface area (Å²) in [5.74, 6) is 0.325. The third kappa shape index (κ3) is 3.62. The maximum absolute atomic E-state index is 12.8. The highest BCUT2D eigenvalue weighted by Crippen LogP contribution is 2.22. The predicted molar refractivity (Wildman–Crippen MR) is 71.4 cm³/mol. The second-order valence-corrected chi connectivity index (χ2v) is 6.53. The van der Waals surface area contributed by atoms with Crippen molar-refractivity contribution in [3.05, 3.63) is 35.6 Å². The Bertz CT molecular complexity index is 399. The lowest BCUT2D eigenvalue weighted by Crippen LogP contribution is -2.26. The second kappa shape index (κ2) is 6.43. The first-order valence-corrected chi connectivity index (χ1v) is 7.79. The van der Waals surface area contributed by atoms with Crippen LogP contribution in [0, 0.1) is 5.82 Å². The highest BCUT2D eigenvalue weighted by molar-refractivity contribution is 7.85. The van der Waals surface area contributed by atoms with Crippen LogP contribution >= 0.6 is 0 Å². The number of rotatable bonds is 4. The van der Waals surface area contributed by atoms with Crippen LogP contribution in [0.15, 0.2) is 24.3 Å². The Labute approximate surface area is 110 Å². The van der Waals surface area contributed by atoms with Gasteiger partial charge in [-0.25, -0.2) is 4.39 Å². The van der Waals surface area contributed by atoms with Crippen LogP contribution in [0.4, 0.5) is 4.39 Å². The van der Waals surface area contributed by atoms with E-state index < -0.39 is 10.8 Å². The van der Waals surface area contributed by atoms with E-state index in [4.69, 9.17) is 4.74 Å². The van der Waals surface area contributed by atoms with E-state index in [1.165, 1.54) is 12.1 Å². The maximum Gasteiger partial charge on any atom is 0.123 e. The fraction of sp³-hybridized carbons (Fsp3) is 0.571. The SMILES string of the molecule is C[C@H](c1ccc(F)cc1)[S@](=O)C[C@@H]1CCCCO1. The quantitative estimate of drug-likeness (QED) is 0.840. The van der Waals surface area contributed by atoms with Crippen LogP contribution in [-0.4, -0.2) is 22.7 Å². The van der Waals surface area contributed by atoms with Gasteiger partial charge in [-0.1, -0.05) is 12.1 Å². The van der Waals surface area contributed by atoms with Crippen molar-refractivity contribution in [2.75, 3.05) is 12.4 Å². The molecule has 100 valence electrons. The molecule has 0 aromatic heterocycles. The zero-order valence-corrected chi connectivity index (χ0v) is 11.4. The van der Waals surface area contributed by atoms with Gasteiger partial charge in [0.2, 0.25) is 0 Å². The van der Waals surface area contributed by atoms with Gasteiger partial charge in [0, 0.05) is 17.4 Å². The molecule has 2 rings (SSSR count). The average Bonchev–Trinajstić information content (AvgIpc) is 2.40. The van der Waals surface area contributed by atoms with Crippen LogP contribution in [0.1, 0.15) is 37.0 Å². The topological polar surface area (TPSA) is 26.3 Å². The van der Waals surface area contributed by atoms with Crippen LogP contribution in [0.25, 0.3) is 0 Å². The van der Waals surface area contributed by atoms with Gasteiger partial charge in [-0.2, -0.15) is 0 Å². The van der Waals surface area contributed by atoms with Gasteiger partial charge in [0.25, 0.3) is 0 Å². The molecule has 3 atom stereocenters. The van der Waals surface area contributed by atoms with Crippen molar-refractivity contribution in [2.24, 2.45) is 0 Å². The summed E-state index contributed by atoms with van der Waals surface area (Å²) in [5.41, 5.74) is 0.922. The van der Waals surface area contributed by atoms with E-state index in [-0.39, 0.29) is 17.2 Å². The number of benzene rings is 1. The molecule has 1 aromatic rings. The Kier molecular flexibility index (Phi) is 4.89. The molecule has 0 radical (unpaired) electrons. The fourth-order valence-corrected chi connectivity index (χ4v) is 3.53. The molecule has 1 aliphatic heterocycles. The lowest BCUT2D eigenvalue weighted by molar-refractivity contribution is 0.0309. The summed E-state index contributed by atoms with van der Waals surface area (Å²) in [5, 5.41) is -0.0730. The molecular weight excluding hydrogens is 251 g/mol. The Morgan fingerprint density at radius 1 is 1.39 bits per heavy atom. The monoisotopic (exact) mass is 270 g/mol. The maximum atomic E-state index is 12.8. The van der Waals surface area contributed by atoms with Gasteiger partial charge in [0.15, 0.2) is 0 Å². The normalized spacial score (nSPS) is 23.6. The van der Waals surface area contributed by atoms with Crippen LogP contribution in [-0.2, 0) is 15.5 Å². The first-order chi connectivity index (χ1) is 8.66. The van der Waals surface area contributed by atoms with E-state index in [2.05, 4.69) is 0 Å². The van der Waals surface area contributed by atoms with Crippen LogP contribution in [0.5, 0.6) is 0 Å². The summed E-state index contributed by atoms with van der Waals surface area (Å²) in [6.07, 6.45) is 3.40. The Hall–Kier alpha value is -0.740. The zero-order valence-electron chi connectivity index (χ0n) is 10.6. The zero-order chi connectivity index (χ0) is 13.0. The van der Waals surface area contributed by atoms with Crippen molar-refractivity contribution in [3.8, 4) is 0 Å². The van der Waals surface area contributed by atoms with Crippen molar-refractivity contribution in [1.82, 2.24) is 0 Å². The molecule has 0 N–H and O–H groups in total. The first-order valence-electron chi connectivity index (χ1n) is 6.41. The molecule has 18 heavy (non-hydrogen) atoms. The highest BCUT2D eigenvalue weighted by Gasteiger charge is 2.21. The van der Waals surface area contributed by atoms with Gasteiger partial charge in [0.1, 0.15) is 5.82 Å². The van der Waals surface area contributed by atoms with Gasteiger partial charge in [0.05, 0.1) is 17.1 Å². The van der Waals surface area contributed by atoms with E-state index in [0.717, 1.165) is 31.4 Å². The molecule has 1 aliphatic rings. The van der Waals surface area contributed by atoms with E-state index in [9.17, 15) is 8.60 Å². The summed E-state index contributed by atoms with van der Waals surface area (Å²) in [7, 11) is -0.967. The summed E-state index contributed by atoms with van der Waals surface area (Å²) in [6.45, 7) is 2.71. The highest BCUT2D eigenvalue weighted by atomic mass is 32.2. The number of hydrogen-bond acceptors (Lipinski definition) is 2. The third-order valence-electron chi connectivity index (χ3n) is 3.36. The Balaban J connectivity index is 1.93. The molecule has 1 fully saturated rings. The van der Waals surface area contributed by atoms with E-state index in [0.29, 0.717) is 5.75 Å². The second-order valence-electron chi connectivity index (χ2n) is 4.73. The molecule has 2 nitrogen and oxygen atoms in total. The Morgan fingerprint density at radius 2 is 2.11 bits per heavy atom. The average molecular weight is 270 g/mol. The summed E-state index contributed by atoms with van der Waals surface area (Å²) < 4.78 is 30.7. The standard InChI is InChI=1S/C14H19FO2S/c1-11(12-5-7-13(15)8-6-12)18(16)10-14-4-2-3-9-17-14/h5-8,11,14H,2-4,9-10H2,1H3/t11-,14+,18-/m1/s1. The summed E-state index contributed by atoms with van der Waals surface area (Å²) in [4.78, 5) is 0. The lowest BCUT2D eigenvalue weighted by atomic mass is 10.1. The lowest BCUT2D eigenvalue weighted by Gasteiger charge is -2.23. The largest absolute Gasteiger partial charge is 0.377 e. The van der Waals surface area contributed by atoms with Gasteiger partial charge in [-0.05, 0) is 43.9 Å². The van der Waals surface area contributed by atoms with Gasteiger partial charge in [-0.3, -0.25) is 4.21 Å². The van der Waals surface area contributed by atoms with E-state index >= 15 is 0 Å². The summed E-state index contributed by atoms with van der Waals surface area (Å²) in [6, 6.07) is 6.25. The minimum atomic E-state index is -0.967. The van der Waals surface area contributed by atoms with Gasteiger partial charge < -0.3 is 4.74 Å². The van der Waals surface area contributed by atoms with Crippen molar-refractivity contribution < 1.29 is 13.3 Å². The molecule has 4 heteroatoms. The molecule has 0 amide bonds. The van der Waals surface area contributed by atoms with Crippen molar-refractivity contribution >= 4 is 10.8 Å². The summed E-state index contributed by atoms with van der Waals surface area (Å²) >= 11 is 0. The third-order valence-corrected chi connectivity index (χ3v) is 5.12. The van der Waals surface area contributed by atoms with Crippen LogP contribution < -0.4 is 0 Å². The van der Waals surface area contributed by atoms with Gasteiger partial charge in [-0.15, -0.1) is 0 Å². The van der Waals surface area contributed by atoms with Crippen molar-refractivity contribution in [3.63, 3.8) is 0 Å². The molecule has 0 bridgehead atoms. The number of ether oxygens (including phenoxy) is 1. The van der Waals surface area contributed by atoms with Crippen LogP contribution in [0.2, 0.25) is 0 Å². The van der Waals surface area contributed by atoms with Crippen LogP contribution in [0.3, 0.4) is 0 Å². The molecule has 1 heterocycles. The van der Waals surface area contributed by atoms with Gasteiger partial charge >= 0.3 is 0 Å². The molecule has 1 saturated heterocycles. The number of halogens is 1. The predicted octanol–water partition coefficient (Wildman–Crippen LogP) is 3.20. The minimum absolute atomic E-state index is 0.0730. The van der Waals surface area contributed by atoms with E-state index in [1.807, 2.05) is 6.92 Å². The molecule has 1 aromatic carbocycles. The number of hydrogen-bond donors (Lipinski definition) is 0. The smallest absolute Gasteiger partial charge is 0.123 e. The molecule has 0 unspecified atom stereocenters. The molecular formula is C14H19FO2S. The Morgan fingerprint density at radius 3 is 2.72 bits per heavy atom. The van der Waals surface area contributed by atoms with E-state index in [1.54, 1.807) is 12.1 Å². The first kappa shape index (κ1) is 13.7. The molecule has 0 saturated carbocycles. The van der Waals surface area contributed by atoms with Crippen molar-refractivity contribution in [2.45, 2.75) is 37.5 Å². The molecule has 0 aliphatic carbocycles. The fourth-order valence-electron chi connectivity index (χ4n) is 2.15. The molecule has 0 spiro atoms. The minimum Gasteiger partial charge on any atom is -0.377 e. The van der Waals surface area contributed by atoms with Crippen molar-refractivity contribution in [1.29, 1.82) is 0 Å².